The Bertz CT molecular complexity index is 1590. The predicted molar refractivity (Wildman–Crippen MR) is 149 cm³/mol. The lowest BCUT2D eigenvalue weighted by Gasteiger charge is -2.30. The van der Waals surface area contributed by atoms with Gasteiger partial charge in [0, 0.05) is 46.0 Å². The fraction of sp³-hybridized carbons (Fsp3) is 0.129. The van der Waals surface area contributed by atoms with E-state index in [0.717, 1.165) is 5.56 Å². The van der Waals surface area contributed by atoms with Crippen LogP contribution in [0.1, 0.15) is 39.1 Å². The van der Waals surface area contributed by atoms with Crippen molar-refractivity contribution in [2.75, 3.05) is 6.61 Å². The fourth-order valence-electron chi connectivity index (χ4n) is 5.00. The predicted octanol–water partition coefficient (Wildman–Crippen LogP) is 6.05. The molecule has 2 aliphatic heterocycles. The van der Waals surface area contributed by atoms with Crippen LogP contribution in [-0.2, 0) is 9.53 Å². The molecule has 40 heavy (non-hydrogen) atoms. The Hall–Kier alpha value is -4.82. The highest BCUT2D eigenvalue weighted by Gasteiger charge is 2.48. The zero-order chi connectivity index (χ0) is 28.4. The maximum Gasteiger partial charge on any atom is 0.336 e. The van der Waals surface area contributed by atoms with E-state index in [1.54, 1.807) is 54.4 Å². The van der Waals surface area contributed by atoms with E-state index >= 15 is 0 Å². The number of nitro benzene ring substituents is 1. The van der Waals surface area contributed by atoms with Crippen molar-refractivity contribution in [3.8, 4) is 0 Å². The molecule has 0 saturated heterocycles. The topological polar surface area (TPSA) is 107 Å². The molecule has 0 spiro atoms. The van der Waals surface area contributed by atoms with Crippen molar-refractivity contribution in [2.24, 2.45) is 0 Å². The van der Waals surface area contributed by atoms with E-state index in [9.17, 15) is 24.5 Å². The molecule has 3 aromatic carbocycles. The lowest BCUT2D eigenvalue weighted by molar-refractivity contribution is -0.384. The fourth-order valence-corrected chi connectivity index (χ4v) is 5.13. The first-order valence-corrected chi connectivity index (χ1v) is 12.9. The SMILES string of the molecule is CCOC(=O)C1=C2C=C(C(=O)c3ccc([N+](=O)[O-])cc3)C=CN2[C@@H](C(=O)c2ccc(Cl)cc2)[C@H]1c1ccccc1. The maximum atomic E-state index is 14.0. The van der Waals surface area contributed by atoms with E-state index in [1.165, 1.54) is 24.3 Å². The van der Waals surface area contributed by atoms with Crippen LogP contribution in [0.25, 0.3) is 0 Å². The minimum absolute atomic E-state index is 0.126. The molecule has 5 rings (SSSR count). The summed E-state index contributed by atoms with van der Waals surface area (Å²) in [6.45, 7) is 1.82. The average molecular weight is 555 g/mol. The number of fused-ring (bicyclic) bond motifs is 1. The van der Waals surface area contributed by atoms with Gasteiger partial charge in [-0.05, 0) is 61.0 Å². The number of hydrogen-bond donors (Lipinski definition) is 0. The molecule has 8 nitrogen and oxygen atoms in total. The Morgan fingerprint density at radius 2 is 1.60 bits per heavy atom. The van der Waals surface area contributed by atoms with Gasteiger partial charge in [-0.15, -0.1) is 0 Å². The van der Waals surface area contributed by atoms with Crippen LogP contribution in [-0.4, -0.2) is 40.0 Å². The van der Waals surface area contributed by atoms with Gasteiger partial charge >= 0.3 is 5.97 Å². The number of benzene rings is 3. The number of nitro groups is 1. The molecule has 2 heterocycles. The average Bonchev–Trinajstić information content (AvgIpc) is 3.32. The van der Waals surface area contributed by atoms with Crippen LogP contribution >= 0.6 is 11.6 Å². The Kier molecular flexibility index (Phi) is 7.44. The van der Waals surface area contributed by atoms with Crippen LogP contribution in [0, 0.1) is 10.1 Å². The number of carbonyl (C=O) groups is 3. The number of nitrogens with zero attached hydrogens (tertiary/aromatic N) is 2. The summed E-state index contributed by atoms with van der Waals surface area (Å²) >= 11 is 6.06. The molecule has 0 N–H and O–H groups in total. The van der Waals surface area contributed by atoms with Gasteiger partial charge in [-0.1, -0.05) is 41.9 Å². The van der Waals surface area contributed by atoms with Crippen molar-refractivity contribution in [1.82, 2.24) is 4.90 Å². The second-order valence-electron chi connectivity index (χ2n) is 9.18. The molecule has 0 amide bonds. The van der Waals surface area contributed by atoms with E-state index in [2.05, 4.69) is 0 Å². The third kappa shape index (κ3) is 4.97. The molecule has 2 aliphatic rings. The smallest absolute Gasteiger partial charge is 0.336 e. The van der Waals surface area contributed by atoms with Gasteiger partial charge in [0.2, 0.25) is 0 Å². The maximum absolute atomic E-state index is 14.0. The van der Waals surface area contributed by atoms with Crippen molar-refractivity contribution in [1.29, 1.82) is 0 Å². The van der Waals surface area contributed by atoms with E-state index < -0.39 is 22.9 Å². The van der Waals surface area contributed by atoms with Crippen molar-refractivity contribution in [2.45, 2.75) is 18.9 Å². The van der Waals surface area contributed by atoms with Crippen LogP contribution in [0.4, 0.5) is 5.69 Å². The van der Waals surface area contributed by atoms with Gasteiger partial charge < -0.3 is 9.64 Å². The molecule has 2 atom stereocenters. The van der Waals surface area contributed by atoms with Crippen LogP contribution < -0.4 is 0 Å². The minimum atomic E-state index is -0.832. The Morgan fingerprint density at radius 3 is 2.23 bits per heavy atom. The Morgan fingerprint density at radius 1 is 0.950 bits per heavy atom. The molecule has 9 heteroatoms. The third-order valence-electron chi connectivity index (χ3n) is 6.84. The standard InChI is InChI=1S/C31H23ClN2O6/c1-2-40-31(37)27-25-18-22(29(35)20-10-14-24(15-11-20)34(38)39)16-17-33(25)28(26(27)19-6-4-3-5-7-19)30(36)21-8-12-23(32)13-9-21/h3-18,26,28H,2H2,1H3/t26-,28+/m0/s1. The van der Waals surface area contributed by atoms with Gasteiger partial charge in [-0.2, -0.15) is 0 Å². The lowest BCUT2D eigenvalue weighted by Crippen LogP contribution is -2.38. The quantitative estimate of drug-likeness (QED) is 0.144. The zero-order valence-electron chi connectivity index (χ0n) is 21.3. The van der Waals surface area contributed by atoms with E-state index in [1.807, 2.05) is 30.3 Å². The van der Waals surface area contributed by atoms with Gasteiger partial charge in [0.1, 0.15) is 6.04 Å². The van der Waals surface area contributed by atoms with Crippen molar-refractivity contribution < 1.29 is 24.0 Å². The molecule has 0 bridgehead atoms. The molecule has 3 aromatic rings. The van der Waals surface area contributed by atoms with Gasteiger partial charge in [0.15, 0.2) is 11.6 Å². The Labute approximate surface area is 235 Å². The summed E-state index contributed by atoms with van der Waals surface area (Å²) in [5, 5.41) is 11.5. The van der Waals surface area contributed by atoms with Crippen LogP contribution in [0.2, 0.25) is 5.02 Å². The number of non-ortho nitro benzene ring substituents is 1. The number of ether oxygens (including phenoxy) is 1. The molecule has 0 aliphatic carbocycles. The highest BCUT2D eigenvalue weighted by molar-refractivity contribution is 6.30. The van der Waals surface area contributed by atoms with Crippen molar-refractivity contribution >= 4 is 34.8 Å². The highest BCUT2D eigenvalue weighted by atomic mass is 35.5. The van der Waals surface area contributed by atoms with E-state index in [0.29, 0.717) is 16.3 Å². The number of Topliss-reactive ketones (excluding diaryl/α,β-unsaturated/α-hetero) is 2. The summed E-state index contributed by atoms with van der Waals surface area (Å²) in [4.78, 5) is 53.0. The normalized spacial score (nSPS) is 17.8. The summed E-state index contributed by atoms with van der Waals surface area (Å²) in [6.07, 6.45) is 4.77. The highest BCUT2D eigenvalue weighted by Crippen LogP contribution is 2.45. The zero-order valence-corrected chi connectivity index (χ0v) is 22.1. The first-order chi connectivity index (χ1) is 19.3. The van der Waals surface area contributed by atoms with E-state index in [-0.39, 0.29) is 40.6 Å². The van der Waals surface area contributed by atoms with Crippen LogP contribution in [0.5, 0.6) is 0 Å². The summed E-state index contributed by atoms with van der Waals surface area (Å²) in [6, 6.07) is 20.2. The first-order valence-electron chi connectivity index (χ1n) is 12.5. The first kappa shape index (κ1) is 26.8. The lowest BCUT2D eigenvalue weighted by atomic mass is 9.83. The second-order valence-corrected chi connectivity index (χ2v) is 9.62. The largest absolute Gasteiger partial charge is 0.463 e. The van der Waals surface area contributed by atoms with Crippen LogP contribution in [0.3, 0.4) is 0 Å². The molecule has 0 fully saturated rings. The number of halogens is 1. The molecular formula is C31H23ClN2O6. The van der Waals surface area contributed by atoms with Crippen LogP contribution in [0.15, 0.2) is 114 Å². The van der Waals surface area contributed by atoms with Gasteiger partial charge in [-0.25, -0.2) is 4.79 Å². The molecular weight excluding hydrogens is 532 g/mol. The third-order valence-corrected chi connectivity index (χ3v) is 7.09. The summed E-state index contributed by atoms with van der Waals surface area (Å²) < 4.78 is 5.44. The van der Waals surface area contributed by atoms with E-state index in [4.69, 9.17) is 16.3 Å². The summed E-state index contributed by atoms with van der Waals surface area (Å²) in [5.41, 5.74) is 2.18. The number of hydrogen-bond acceptors (Lipinski definition) is 7. The monoisotopic (exact) mass is 554 g/mol. The van der Waals surface area contributed by atoms with Crippen molar-refractivity contribution in [3.05, 3.63) is 146 Å². The molecule has 0 radical (unpaired) electrons. The summed E-state index contributed by atoms with van der Waals surface area (Å²) in [7, 11) is 0. The number of esters is 1. The second kappa shape index (κ2) is 11.1. The Balaban J connectivity index is 1.63. The molecule has 0 saturated carbocycles. The van der Waals surface area contributed by atoms with Gasteiger partial charge in [0.25, 0.3) is 5.69 Å². The molecule has 0 unspecified atom stereocenters. The number of carbonyl (C=O) groups excluding carboxylic acids is 3. The number of rotatable bonds is 8. The number of ketones is 2. The van der Waals surface area contributed by atoms with Gasteiger partial charge in [0.05, 0.1) is 22.8 Å². The van der Waals surface area contributed by atoms with Gasteiger partial charge in [-0.3, -0.25) is 19.7 Å². The minimum Gasteiger partial charge on any atom is -0.463 e. The molecule has 0 aromatic heterocycles. The summed E-state index contributed by atoms with van der Waals surface area (Å²) in [5.74, 6) is -1.89. The molecule has 200 valence electrons. The van der Waals surface area contributed by atoms with Crippen molar-refractivity contribution in [3.63, 3.8) is 0 Å². The number of allylic oxidation sites excluding steroid dienone is 3.